The summed E-state index contributed by atoms with van der Waals surface area (Å²) in [6, 6.07) is 11.3. The molecule has 0 radical (unpaired) electrons. The minimum atomic E-state index is 0.422. The van der Waals surface area contributed by atoms with Crippen LogP contribution in [0.15, 0.2) is 30.3 Å². The van der Waals surface area contributed by atoms with E-state index in [0.717, 1.165) is 22.6 Å². The SMILES string of the molecule is COc1ccc2c(n1)COc1ccc(C#N)cc1-2. The Labute approximate surface area is 104 Å². The molecule has 0 unspecified atom stereocenters. The highest BCUT2D eigenvalue weighted by molar-refractivity contribution is 5.75. The van der Waals surface area contributed by atoms with E-state index < -0.39 is 0 Å². The fraction of sp³-hybridized carbons (Fsp3) is 0.143. The molecule has 18 heavy (non-hydrogen) atoms. The van der Waals surface area contributed by atoms with Crippen LogP contribution in [0.25, 0.3) is 11.1 Å². The van der Waals surface area contributed by atoms with E-state index in [1.165, 1.54) is 0 Å². The molecule has 1 aliphatic heterocycles. The number of pyridine rings is 1. The molecule has 1 aromatic heterocycles. The Morgan fingerprint density at radius 2 is 2.17 bits per heavy atom. The van der Waals surface area contributed by atoms with E-state index in [1.54, 1.807) is 13.2 Å². The van der Waals surface area contributed by atoms with Crippen LogP contribution in [-0.4, -0.2) is 12.1 Å². The van der Waals surface area contributed by atoms with Crippen LogP contribution in [-0.2, 0) is 6.61 Å². The quantitative estimate of drug-likeness (QED) is 0.766. The molecule has 2 aromatic rings. The largest absolute Gasteiger partial charge is 0.487 e. The first-order valence-electron chi connectivity index (χ1n) is 5.53. The molecule has 0 atom stereocenters. The van der Waals surface area contributed by atoms with E-state index >= 15 is 0 Å². The predicted octanol–water partition coefficient (Wildman–Crippen LogP) is 2.52. The zero-order chi connectivity index (χ0) is 12.5. The van der Waals surface area contributed by atoms with E-state index in [0.29, 0.717) is 18.1 Å². The Bertz CT molecular complexity index is 659. The lowest BCUT2D eigenvalue weighted by Crippen LogP contribution is -2.08. The maximum Gasteiger partial charge on any atom is 0.213 e. The first kappa shape index (κ1) is 10.6. The molecule has 1 aromatic carbocycles. The maximum absolute atomic E-state index is 8.94. The topological polar surface area (TPSA) is 55.1 Å². The average Bonchev–Trinajstić information content (AvgIpc) is 2.45. The molecule has 3 rings (SSSR count). The van der Waals surface area contributed by atoms with Crippen molar-refractivity contribution in [2.24, 2.45) is 0 Å². The van der Waals surface area contributed by atoms with Gasteiger partial charge in [0.05, 0.1) is 24.4 Å². The zero-order valence-electron chi connectivity index (χ0n) is 9.80. The van der Waals surface area contributed by atoms with Gasteiger partial charge in [-0.1, -0.05) is 0 Å². The Morgan fingerprint density at radius 3 is 2.94 bits per heavy atom. The summed E-state index contributed by atoms with van der Waals surface area (Å²) in [5.41, 5.74) is 3.34. The number of nitriles is 1. The first-order chi connectivity index (χ1) is 8.81. The number of ether oxygens (including phenoxy) is 2. The van der Waals surface area contributed by atoms with E-state index in [4.69, 9.17) is 14.7 Å². The first-order valence-corrected chi connectivity index (χ1v) is 5.53. The van der Waals surface area contributed by atoms with Crippen molar-refractivity contribution in [3.63, 3.8) is 0 Å². The van der Waals surface area contributed by atoms with Gasteiger partial charge in [0, 0.05) is 17.2 Å². The zero-order valence-corrected chi connectivity index (χ0v) is 9.80. The van der Waals surface area contributed by atoms with E-state index in [2.05, 4.69) is 11.1 Å². The second-order valence-corrected chi connectivity index (χ2v) is 3.96. The van der Waals surface area contributed by atoms with E-state index in [-0.39, 0.29) is 0 Å². The van der Waals surface area contributed by atoms with Gasteiger partial charge < -0.3 is 9.47 Å². The lowest BCUT2D eigenvalue weighted by Gasteiger charge is -2.20. The van der Waals surface area contributed by atoms with Crippen molar-refractivity contribution in [1.82, 2.24) is 4.98 Å². The van der Waals surface area contributed by atoms with Gasteiger partial charge in [0.2, 0.25) is 5.88 Å². The number of rotatable bonds is 1. The Hall–Kier alpha value is -2.54. The van der Waals surface area contributed by atoms with Gasteiger partial charge in [-0.3, -0.25) is 0 Å². The van der Waals surface area contributed by atoms with Gasteiger partial charge in [0.1, 0.15) is 12.4 Å². The minimum Gasteiger partial charge on any atom is -0.487 e. The van der Waals surface area contributed by atoms with Crippen molar-refractivity contribution in [1.29, 1.82) is 5.26 Å². The summed E-state index contributed by atoms with van der Waals surface area (Å²) >= 11 is 0. The van der Waals surface area contributed by atoms with Crippen molar-refractivity contribution in [3.05, 3.63) is 41.6 Å². The van der Waals surface area contributed by atoms with E-state index in [1.807, 2.05) is 24.3 Å². The van der Waals surface area contributed by atoms with Crippen LogP contribution in [0, 0.1) is 11.3 Å². The Morgan fingerprint density at radius 1 is 1.28 bits per heavy atom. The Balaban J connectivity index is 2.19. The maximum atomic E-state index is 8.94. The lowest BCUT2D eigenvalue weighted by atomic mass is 9.99. The molecule has 2 heterocycles. The molecule has 88 valence electrons. The van der Waals surface area contributed by atoms with Crippen molar-refractivity contribution in [2.75, 3.05) is 7.11 Å². The summed E-state index contributed by atoms with van der Waals surface area (Å²) in [5.74, 6) is 1.35. The van der Waals surface area contributed by atoms with Crippen LogP contribution >= 0.6 is 0 Å². The van der Waals surface area contributed by atoms with Gasteiger partial charge in [-0.15, -0.1) is 0 Å². The molecule has 0 spiro atoms. The van der Waals surface area contributed by atoms with Crippen molar-refractivity contribution >= 4 is 0 Å². The number of benzene rings is 1. The number of nitrogens with zero attached hydrogens (tertiary/aromatic N) is 2. The summed E-state index contributed by atoms with van der Waals surface area (Å²) in [4.78, 5) is 4.36. The average molecular weight is 238 g/mol. The van der Waals surface area contributed by atoms with Gasteiger partial charge in [-0.25, -0.2) is 4.98 Å². The molecule has 0 bridgehead atoms. The van der Waals surface area contributed by atoms with Crippen LogP contribution in [0.1, 0.15) is 11.3 Å². The number of hydrogen-bond acceptors (Lipinski definition) is 4. The van der Waals surface area contributed by atoms with Crippen LogP contribution < -0.4 is 9.47 Å². The van der Waals surface area contributed by atoms with Crippen molar-refractivity contribution in [3.8, 4) is 28.8 Å². The summed E-state index contributed by atoms with van der Waals surface area (Å²) in [5, 5.41) is 8.94. The molecule has 0 saturated carbocycles. The fourth-order valence-electron chi connectivity index (χ4n) is 2.03. The summed E-state index contributed by atoms with van der Waals surface area (Å²) < 4.78 is 10.7. The molecule has 4 nitrogen and oxygen atoms in total. The smallest absolute Gasteiger partial charge is 0.213 e. The second kappa shape index (κ2) is 4.04. The standard InChI is InChI=1S/C14H10N2O2/c1-17-14-5-3-10-11-6-9(7-15)2-4-13(11)18-8-12(10)16-14/h2-6H,8H2,1H3. The molecule has 0 saturated heterocycles. The third kappa shape index (κ3) is 1.57. The summed E-state index contributed by atoms with van der Waals surface area (Å²) in [7, 11) is 1.58. The number of aromatic nitrogens is 1. The number of fused-ring (bicyclic) bond motifs is 3. The molecule has 1 aliphatic rings. The molecule has 0 N–H and O–H groups in total. The molecular formula is C14H10N2O2. The highest BCUT2D eigenvalue weighted by Gasteiger charge is 2.19. The summed E-state index contributed by atoms with van der Waals surface area (Å²) in [6.07, 6.45) is 0. The Kier molecular flexibility index (Phi) is 2.38. The van der Waals surface area contributed by atoms with E-state index in [9.17, 15) is 0 Å². The van der Waals surface area contributed by atoms with Crippen LogP contribution in [0.5, 0.6) is 11.6 Å². The highest BCUT2D eigenvalue weighted by atomic mass is 16.5. The van der Waals surface area contributed by atoms with Crippen molar-refractivity contribution in [2.45, 2.75) is 6.61 Å². The van der Waals surface area contributed by atoms with Gasteiger partial charge in [-0.2, -0.15) is 5.26 Å². The van der Waals surface area contributed by atoms with Crippen LogP contribution in [0.4, 0.5) is 0 Å². The highest BCUT2D eigenvalue weighted by Crippen LogP contribution is 2.37. The van der Waals surface area contributed by atoms with Gasteiger partial charge in [0.15, 0.2) is 0 Å². The fourth-order valence-corrected chi connectivity index (χ4v) is 2.03. The molecular weight excluding hydrogens is 228 g/mol. The monoisotopic (exact) mass is 238 g/mol. The normalized spacial score (nSPS) is 11.8. The third-order valence-corrected chi connectivity index (χ3v) is 2.92. The van der Waals surface area contributed by atoms with Gasteiger partial charge >= 0.3 is 0 Å². The van der Waals surface area contributed by atoms with Crippen LogP contribution in [0.3, 0.4) is 0 Å². The predicted molar refractivity (Wildman–Crippen MR) is 65.3 cm³/mol. The molecule has 4 heteroatoms. The molecule has 0 fully saturated rings. The number of methoxy groups -OCH3 is 1. The second-order valence-electron chi connectivity index (χ2n) is 3.96. The molecule has 0 aliphatic carbocycles. The van der Waals surface area contributed by atoms with Gasteiger partial charge in [0.25, 0.3) is 0 Å². The molecule has 0 amide bonds. The van der Waals surface area contributed by atoms with Crippen LogP contribution in [0.2, 0.25) is 0 Å². The van der Waals surface area contributed by atoms with Gasteiger partial charge in [-0.05, 0) is 24.3 Å². The number of hydrogen-bond donors (Lipinski definition) is 0. The minimum absolute atomic E-state index is 0.422. The van der Waals surface area contributed by atoms with Crippen molar-refractivity contribution < 1.29 is 9.47 Å². The third-order valence-electron chi connectivity index (χ3n) is 2.92. The summed E-state index contributed by atoms with van der Waals surface area (Å²) in [6.45, 7) is 0.422. The lowest BCUT2D eigenvalue weighted by molar-refractivity contribution is 0.294.